The standard InChI is InChI=1S/C17H19FN2O3/c1-17(2,3)23-16(22)20(10-4-5-10)14-8-11-13(9-12(14)18)19-7-6-15(11)21/h6-10H,4-5H2,1-3H3,(H,19,21). The fourth-order valence-corrected chi connectivity index (χ4v) is 2.41. The van der Waals surface area contributed by atoms with Crippen LogP contribution in [0, 0.1) is 5.82 Å². The fourth-order valence-electron chi connectivity index (χ4n) is 2.41. The third kappa shape index (κ3) is 3.21. The highest BCUT2D eigenvalue weighted by Gasteiger charge is 2.38. The lowest BCUT2D eigenvalue weighted by molar-refractivity contribution is 0.0576. The van der Waals surface area contributed by atoms with Crippen LogP contribution in [-0.4, -0.2) is 27.8 Å². The summed E-state index contributed by atoms with van der Waals surface area (Å²) in [6, 6.07) is 4.04. The zero-order valence-corrected chi connectivity index (χ0v) is 13.3. The largest absolute Gasteiger partial charge is 0.507 e. The van der Waals surface area contributed by atoms with E-state index in [0.717, 1.165) is 12.8 Å². The normalized spacial score (nSPS) is 14.8. The molecule has 122 valence electrons. The van der Waals surface area contributed by atoms with Crippen LogP contribution in [0.15, 0.2) is 24.4 Å². The van der Waals surface area contributed by atoms with Crippen molar-refractivity contribution in [3.05, 3.63) is 30.2 Å². The van der Waals surface area contributed by atoms with Crippen molar-refractivity contribution < 1.29 is 19.0 Å². The molecular formula is C17H19FN2O3. The van der Waals surface area contributed by atoms with Crippen molar-refractivity contribution in [2.45, 2.75) is 45.3 Å². The third-order valence-corrected chi connectivity index (χ3v) is 3.55. The van der Waals surface area contributed by atoms with Crippen molar-refractivity contribution in [1.82, 2.24) is 4.98 Å². The van der Waals surface area contributed by atoms with Crippen LogP contribution in [0.25, 0.3) is 10.9 Å². The lowest BCUT2D eigenvalue weighted by Crippen LogP contribution is -2.38. The van der Waals surface area contributed by atoms with Crippen molar-refractivity contribution >= 4 is 22.7 Å². The average molecular weight is 318 g/mol. The van der Waals surface area contributed by atoms with Crippen molar-refractivity contribution in [3.8, 4) is 5.75 Å². The van der Waals surface area contributed by atoms with Crippen molar-refractivity contribution in [3.63, 3.8) is 0 Å². The summed E-state index contributed by atoms with van der Waals surface area (Å²) in [5.41, 5.74) is -0.218. The quantitative estimate of drug-likeness (QED) is 0.909. The lowest BCUT2D eigenvalue weighted by Gasteiger charge is -2.28. The molecule has 1 amide bonds. The third-order valence-electron chi connectivity index (χ3n) is 3.55. The molecule has 0 atom stereocenters. The van der Waals surface area contributed by atoms with Crippen molar-refractivity contribution in [2.24, 2.45) is 0 Å². The summed E-state index contributed by atoms with van der Waals surface area (Å²) in [6.45, 7) is 5.30. The summed E-state index contributed by atoms with van der Waals surface area (Å²) in [4.78, 5) is 17.8. The first-order valence-electron chi connectivity index (χ1n) is 7.56. The van der Waals surface area contributed by atoms with E-state index < -0.39 is 17.5 Å². The van der Waals surface area contributed by atoms with Crippen molar-refractivity contribution in [2.75, 3.05) is 4.90 Å². The van der Waals surface area contributed by atoms with Crippen LogP contribution >= 0.6 is 0 Å². The van der Waals surface area contributed by atoms with Gasteiger partial charge in [-0.1, -0.05) is 0 Å². The summed E-state index contributed by atoms with van der Waals surface area (Å²) in [5, 5.41) is 10.4. The van der Waals surface area contributed by atoms with Gasteiger partial charge in [0.1, 0.15) is 17.2 Å². The van der Waals surface area contributed by atoms with Gasteiger partial charge in [-0.05, 0) is 45.7 Å². The van der Waals surface area contributed by atoms with Crippen LogP contribution in [-0.2, 0) is 4.74 Å². The summed E-state index contributed by atoms with van der Waals surface area (Å²) < 4.78 is 19.9. The second kappa shape index (κ2) is 5.37. The first kappa shape index (κ1) is 15.5. The molecule has 2 aromatic rings. The molecule has 1 aliphatic carbocycles. The van der Waals surface area contributed by atoms with Gasteiger partial charge in [0.25, 0.3) is 0 Å². The Kier molecular flexibility index (Phi) is 3.62. The SMILES string of the molecule is CC(C)(C)OC(=O)N(c1cc2c(O)ccnc2cc1F)C1CC1. The molecule has 1 aromatic heterocycles. The Hall–Kier alpha value is -2.37. The Morgan fingerprint density at radius 2 is 2.09 bits per heavy atom. The van der Waals surface area contributed by atoms with E-state index in [-0.39, 0.29) is 17.5 Å². The zero-order chi connectivity index (χ0) is 16.8. The van der Waals surface area contributed by atoms with E-state index in [9.17, 15) is 14.3 Å². The van der Waals surface area contributed by atoms with Gasteiger partial charge in [-0.3, -0.25) is 9.88 Å². The zero-order valence-electron chi connectivity index (χ0n) is 13.3. The van der Waals surface area contributed by atoms with Crippen LogP contribution in [0.4, 0.5) is 14.9 Å². The number of hydrogen-bond acceptors (Lipinski definition) is 4. The number of halogens is 1. The Bertz CT molecular complexity index is 766. The molecule has 1 N–H and O–H groups in total. The van der Waals surface area contributed by atoms with Crippen LogP contribution < -0.4 is 4.90 Å². The summed E-state index contributed by atoms with van der Waals surface area (Å²) >= 11 is 0. The second-order valence-electron chi connectivity index (χ2n) is 6.73. The number of ether oxygens (including phenoxy) is 1. The number of anilines is 1. The molecule has 0 unspecified atom stereocenters. The second-order valence-corrected chi connectivity index (χ2v) is 6.73. The van der Waals surface area contributed by atoms with Gasteiger partial charge in [0.05, 0.1) is 11.2 Å². The number of carbonyl (C=O) groups excluding carboxylic acids is 1. The molecule has 1 fully saturated rings. The van der Waals surface area contributed by atoms with Crippen LogP contribution in [0.3, 0.4) is 0 Å². The minimum atomic E-state index is -0.665. The number of carbonyl (C=O) groups is 1. The van der Waals surface area contributed by atoms with Gasteiger partial charge in [0.15, 0.2) is 0 Å². The minimum absolute atomic E-state index is 0.00353. The maximum absolute atomic E-state index is 14.5. The van der Waals surface area contributed by atoms with E-state index in [4.69, 9.17) is 4.74 Å². The average Bonchev–Trinajstić information content (AvgIpc) is 3.23. The number of nitrogens with zero attached hydrogens (tertiary/aromatic N) is 2. The topological polar surface area (TPSA) is 62.7 Å². The molecule has 1 aliphatic rings. The lowest BCUT2D eigenvalue weighted by atomic mass is 10.1. The predicted molar refractivity (Wildman–Crippen MR) is 85.1 cm³/mol. The minimum Gasteiger partial charge on any atom is -0.507 e. The molecule has 1 heterocycles. The molecule has 0 spiro atoms. The van der Waals surface area contributed by atoms with E-state index in [1.807, 2.05) is 0 Å². The molecule has 0 saturated heterocycles. The van der Waals surface area contributed by atoms with Gasteiger partial charge < -0.3 is 9.84 Å². The van der Waals surface area contributed by atoms with Crippen LogP contribution in [0.5, 0.6) is 5.75 Å². The predicted octanol–water partition coefficient (Wildman–Crippen LogP) is 3.98. The Morgan fingerprint density at radius 3 is 2.70 bits per heavy atom. The molecule has 6 heteroatoms. The van der Waals surface area contributed by atoms with Gasteiger partial charge in [-0.15, -0.1) is 0 Å². The molecule has 23 heavy (non-hydrogen) atoms. The summed E-state index contributed by atoms with van der Waals surface area (Å²) in [7, 11) is 0. The molecule has 3 rings (SSSR count). The molecule has 0 aliphatic heterocycles. The van der Waals surface area contributed by atoms with Gasteiger partial charge in [-0.25, -0.2) is 9.18 Å². The number of rotatable bonds is 2. The number of amides is 1. The Morgan fingerprint density at radius 1 is 1.39 bits per heavy atom. The number of fused-ring (bicyclic) bond motifs is 1. The molecule has 0 radical (unpaired) electrons. The Balaban J connectivity index is 2.06. The monoisotopic (exact) mass is 318 g/mol. The van der Waals surface area contributed by atoms with Crippen LogP contribution in [0.1, 0.15) is 33.6 Å². The van der Waals surface area contributed by atoms with E-state index in [1.165, 1.54) is 29.3 Å². The molecule has 5 nitrogen and oxygen atoms in total. The number of hydrogen-bond donors (Lipinski definition) is 1. The van der Waals surface area contributed by atoms with Gasteiger partial charge in [0, 0.05) is 23.7 Å². The maximum Gasteiger partial charge on any atom is 0.415 e. The highest BCUT2D eigenvalue weighted by Crippen LogP contribution is 2.37. The Labute approximate surface area is 133 Å². The number of aromatic hydroxyl groups is 1. The summed E-state index contributed by atoms with van der Waals surface area (Å²) in [6.07, 6.45) is 2.43. The van der Waals surface area contributed by atoms with Gasteiger partial charge >= 0.3 is 6.09 Å². The van der Waals surface area contributed by atoms with Gasteiger partial charge in [0.2, 0.25) is 0 Å². The van der Waals surface area contributed by atoms with Crippen molar-refractivity contribution in [1.29, 1.82) is 0 Å². The molecule has 0 bridgehead atoms. The van der Waals surface area contributed by atoms with E-state index in [0.29, 0.717) is 10.9 Å². The molecular weight excluding hydrogens is 299 g/mol. The molecule has 1 aromatic carbocycles. The fraction of sp³-hybridized carbons (Fsp3) is 0.412. The highest BCUT2D eigenvalue weighted by molar-refractivity contribution is 5.95. The summed E-state index contributed by atoms with van der Waals surface area (Å²) in [5.74, 6) is -0.565. The van der Waals surface area contributed by atoms with Gasteiger partial charge in [-0.2, -0.15) is 0 Å². The first-order valence-corrected chi connectivity index (χ1v) is 7.56. The highest BCUT2D eigenvalue weighted by atomic mass is 19.1. The smallest absolute Gasteiger partial charge is 0.415 e. The number of benzene rings is 1. The number of aromatic nitrogens is 1. The number of pyridine rings is 1. The maximum atomic E-state index is 14.5. The van der Waals surface area contributed by atoms with E-state index in [1.54, 1.807) is 20.8 Å². The van der Waals surface area contributed by atoms with Crippen LogP contribution in [0.2, 0.25) is 0 Å². The van der Waals surface area contributed by atoms with E-state index >= 15 is 0 Å². The molecule has 1 saturated carbocycles. The van der Waals surface area contributed by atoms with E-state index in [2.05, 4.69) is 4.98 Å². The first-order chi connectivity index (χ1) is 10.8.